The largest absolute Gasteiger partial charge is 0.491 e. The summed E-state index contributed by atoms with van der Waals surface area (Å²) in [5, 5.41) is 0. The number of Topliss-reactive ketones (excluding diaryl/α,β-unsaturated/α-hetero) is 1. The Balaban J connectivity index is 2.10. The van der Waals surface area contributed by atoms with Gasteiger partial charge in [0.05, 0.1) is 0 Å². The quantitative estimate of drug-likeness (QED) is 0.608. The van der Waals surface area contributed by atoms with Crippen LogP contribution in [-0.4, -0.2) is 11.4 Å². The van der Waals surface area contributed by atoms with Gasteiger partial charge in [0.15, 0.2) is 5.78 Å². The van der Waals surface area contributed by atoms with E-state index in [1.807, 2.05) is 0 Å². The highest BCUT2D eigenvalue weighted by molar-refractivity contribution is 5.97. The van der Waals surface area contributed by atoms with Gasteiger partial charge in [0, 0.05) is 30.3 Å². The Labute approximate surface area is 109 Å². The molecule has 0 saturated heterocycles. The van der Waals surface area contributed by atoms with E-state index in [2.05, 4.69) is 26.8 Å². The molecule has 98 valence electrons. The molecule has 3 aliphatic rings. The van der Waals surface area contributed by atoms with Gasteiger partial charge in [-0.2, -0.15) is 0 Å². The lowest BCUT2D eigenvalue weighted by atomic mass is 9.66. The molecule has 1 heterocycles. The first-order valence-corrected chi connectivity index (χ1v) is 7.11. The second kappa shape index (κ2) is 3.97. The minimum absolute atomic E-state index is 0.127. The number of hydrogen-bond donors (Lipinski definition) is 0. The fourth-order valence-electron chi connectivity index (χ4n) is 3.84. The van der Waals surface area contributed by atoms with Crippen LogP contribution >= 0.6 is 0 Å². The van der Waals surface area contributed by atoms with Crippen molar-refractivity contribution in [2.45, 2.75) is 58.5 Å². The molecule has 0 radical (unpaired) electrons. The molecule has 0 fully saturated rings. The van der Waals surface area contributed by atoms with Crippen LogP contribution in [0.25, 0.3) is 0 Å². The molecule has 1 aliphatic heterocycles. The minimum Gasteiger partial charge on any atom is -0.491 e. The van der Waals surface area contributed by atoms with Gasteiger partial charge in [-0.25, -0.2) is 0 Å². The number of rotatable bonds is 0. The fraction of sp³-hybridized carbons (Fsp3) is 0.688. The van der Waals surface area contributed by atoms with Crippen LogP contribution in [0.3, 0.4) is 0 Å². The molecule has 2 atom stereocenters. The molecule has 0 spiro atoms. The average Bonchev–Trinajstić information content (AvgIpc) is 2.27. The topological polar surface area (TPSA) is 26.3 Å². The van der Waals surface area contributed by atoms with E-state index >= 15 is 0 Å². The highest BCUT2D eigenvalue weighted by Crippen LogP contribution is 2.49. The third-order valence-corrected chi connectivity index (χ3v) is 4.77. The Morgan fingerprint density at radius 3 is 2.83 bits per heavy atom. The van der Waals surface area contributed by atoms with Crippen molar-refractivity contribution in [3.05, 3.63) is 23.0 Å². The summed E-state index contributed by atoms with van der Waals surface area (Å²) in [6, 6.07) is 0. The van der Waals surface area contributed by atoms with Crippen molar-refractivity contribution in [1.82, 2.24) is 0 Å². The van der Waals surface area contributed by atoms with Crippen LogP contribution in [0.1, 0.15) is 52.9 Å². The zero-order chi connectivity index (χ0) is 12.9. The second-order valence-electron chi connectivity index (χ2n) is 6.50. The van der Waals surface area contributed by atoms with Gasteiger partial charge in [0.2, 0.25) is 0 Å². The molecule has 0 amide bonds. The van der Waals surface area contributed by atoms with E-state index in [9.17, 15) is 4.79 Å². The van der Waals surface area contributed by atoms with Crippen LogP contribution in [0, 0.1) is 11.8 Å². The van der Waals surface area contributed by atoms with Gasteiger partial charge in [0.1, 0.15) is 11.4 Å². The molecule has 0 N–H and O–H groups in total. The molecule has 2 aliphatic carbocycles. The zero-order valence-electron chi connectivity index (χ0n) is 11.6. The number of carbonyl (C=O) groups is 1. The van der Waals surface area contributed by atoms with Crippen molar-refractivity contribution in [2.24, 2.45) is 11.8 Å². The SMILES string of the molecule is CC1=CC2C3=C(CCCC3=O)OC(C)(C)C2CC1. The summed E-state index contributed by atoms with van der Waals surface area (Å²) in [4.78, 5) is 12.2. The van der Waals surface area contributed by atoms with E-state index in [4.69, 9.17) is 4.74 Å². The fourth-order valence-corrected chi connectivity index (χ4v) is 3.84. The Bertz CT molecular complexity index is 454. The molecule has 2 heteroatoms. The maximum absolute atomic E-state index is 12.2. The van der Waals surface area contributed by atoms with E-state index < -0.39 is 0 Å². The van der Waals surface area contributed by atoms with Crippen molar-refractivity contribution >= 4 is 5.78 Å². The zero-order valence-corrected chi connectivity index (χ0v) is 11.6. The van der Waals surface area contributed by atoms with E-state index in [-0.39, 0.29) is 5.60 Å². The molecule has 0 aromatic carbocycles. The summed E-state index contributed by atoms with van der Waals surface area (Å²) < 4.78 is 6.18. The number of ketones is 1. The van der Waals surface area contributed by atoms with E-state index in [0.29, 0.717) is 24.0 Å². The van der Waals surface area contributed by atoms with Gasteiger partial charge in [0.25, 0.3) is 0 Å². The van der Waals surface area contributed by atoms with Gasteiger partial charge in [-0.05, 0) is 40.0 Å². The number of hydrogen-bond acceptors (Lipinski definition) is 2. The van der Waals surface area contributed by atoms with Gasteiger partial charge in [-0.1, -0.05) is 11.6 Å². The molecule has 0 saturated carbocycles. The second-order valence-corrected chi connectivity index (χ2v) is 6.50. The number of ether oxygens (including phenoxy) is 1. The van der Waals surface area contributed by atoms with E-state index in [1.54, 1.807) is 0 Å². The standard InChI is InChI=1S/C16H22O2/c1-10-7-8-12-11(9-10)15-13(17)5-4-6-14(15)18-16(12,2)3/h9,11-12H,4-8H2,1-3H3. The number of fused-ring (bicyclic) bond motifs is 2. The smallest absolute Gasteiger partial charge is 0.162 e. The van der Waals surface area contributed by atoms with Crippen molar-refractivity contribution in [1.29, 1.82) is 0 Å². The van der Waals surface area contributed by atoms with Crippen LogP contribution in [0.15, 0.2) is 23.0 Å². The van der Waals surface area contributed by atoms with Crippen LogP contribution in [0.2, 0.25) is 0 Å². The minimum atomic E-state index is -0.127. The lowest BCUT2D eigenvalue weighted by Gasteiger charge is -2.48. The van der Waals surface area contributed by atoms with Crippen molar-refractivity contribution in [3.8, 4) is 0 Å². The maximum Gasteiger partial charge on any atom is 0.162 e. The summed E-state index contributed by atoms with van der Waals surface area (Å²) in [6.07, 6.45) is 7.22. The number of carbonyl (C=O) groups excluding carboxylic acids is 1. The van der Waals surface area contributed by atoms with Crippen LogP contribution in [0.4, 0.5) is 0 Å². The molecular weight excluding hydrogens is 224 g/mol. The van der Waals surface area contributed by atoms with Crippen LogP contribution < -0.4 is 0 Å². The average molecular weight is 246 g/mol. The third kappa shape index (κ3) is 1.73. The Kier molecular flexibility index (Phi) is 2.65. The Morgan fingerprint density at radius 1 is 1.28 bits per heavy atom. The Morgan fingerprint density at radius 2 is 2.06 bits per heavy atom. The summed E-state index contributed by atoms with van der Waals surface area (Å²) >= 11 is 0. The highest BCUT2D eigenvalue weighted by atomic mass is 16.5. The normalized spacial score (nSPS) is 34.4. The van der Waals surface area contributed by atoms with Crippen LogP contribution in [-0.2, 0) is 9.53 Å². The van der Waals surface area contributed by atoms with Crippen molar-refractivity contribution < 1.29 is 9.53 Å². The lowest BCUT2D eigenvalue weighted by Crippen LogP contribution is -2.46. The molecule has 0 aromatic heterocycles. The first kappa shape index (κ1) is 12.0. The first-order valence-electron chi connectivity index (χ1n) is 7.11. The predicted octanol–water partition coefficient (Wildman–Crippen LogP) is 3.77. The van der Waals surface area contributed by atoms with E-state index in [1.165, 1.54) is 5.57 Å². The van der Waals surface area contributed by atoms with Gasteiger partial charge >= 0.3 is 0 Å². The van der Waals surface area contributed by atoms with Crippen molar-refractivity contribution in [2.75, 3.05) is 0 Å². The third-order valence-electron chi connectivity index (χ3n) is 4.77. The molecule has 2 nitrogen and oxygen atoms in total. The van der Waals surface area contributed by atoms with Gasteiger partial charge in [-0.3, -0.25) is 4.79 Å². The summed E-state index contributed by atoms with van der Waals surface area (Å²) in [5.41, 5.74) is 2.31. The van der Waals surface area contributed by atoms with Gasteiger partial charge < -0.3 is 4.74 Å². The molecule has 18 heavy (non-hydrogen) atoms. The molecule has 3 rings (SSSR count). The lowest BCUT2D eigenvalue weighted by molar-refractivity contribution is -0.121. The van der Waals surface area contributed by atoms with E-state index in [0.717, 1.165) is 37.0 Å². The molecular formula is C16H22O2. The monoisotopic (exact) mass is 246 g/mol. The maximum atomic E-state index is 12.2. The first-order chi connectivity index (χ1) is 8.49. The highest BCUT2D eigenvalue weighted by Gasteiger charge is 2.47. The summed E-state index contributed by atoms with van der Waals surface area (Å²) in [5.74, 6) is 2.09. The van der Waals surface area contributed by atoms with Crippen LogP contribution in [0.5, 0.6) is 0 Å². The summed E-state index contributed by atoms with van der Waals surface area (Å²) in [6.45, 7) is 6.55. The molecule has 0 aromatic rings. The molecule has 2 unspecified atom stereocenters. The number of allylic oxidation sites excluding steroid dienone is 4. The Hall–Kier alpha value is -1.05. The predicted molar refractivity (Wildman–Crippen MR) is 71.0 cm³/mol. The van der Waals surface area contributed by atoms with Crippen molar-refractivity contribution in [3.63, 3.8) is 0 Å². The molecule has 0 bridgehead atoms. The summed E-state index contributed by atoms with van der Waals surface area (Å²) in [7, 11) is 0. The van der Waals surface area contributed by atoms with Gasteiger partial charge in [-0.15, -0.1) is 0 Å².